The normalized spacial score (nSPS) is 12.8. The van der Waals surface area contributed by atoms with Crippen molar-refractivity contribution in [3.05, 3.63) is 40.8 Å². The van der Waals surface area contributed by atoms with E-state index in [9.17, 15) is 13.6 Å². The topological polar surface area (TPSA) is 63.1 Å². The molecule has 3 aromatic rings. The standard InChI is InChI=1S/C17H16ClF2IN5OPS/c1-25(29(2)3)12-6-9(8-27)4-5-10(12)22-11-7-13(18)23-16-14(11)24-17(15(19)20)26(16)28-21/h4-8,15,28H,2H2,1,3H3,(H,22,23). The van der Waals surface area contributed by atoms with E-state index in [1.807, 2.05) is 39.6 Å². The monoisotopic (exact) mass is 569 g/mol. The second kappa shape index (κ2) is 9.20. The quantitative estimate of drug-likeness (QED) is 0.123. The van der Waals surface area contributed by atoms with E-state index in [2.05, 4.69) is 21.2 Å². The Balaban J connectivity index is 2.18. The fraction of sp³-hybridized carbons (Fsp3) is 0.176. The minimum Gasteiger partial charge on any atom is -0.352 e. The lowest BCUT2D eigenvalue weighted by atomic mass is 10.1. The summed E-state index contributed by atoms with van der Waals surface area (Å²) in [6, 6.07) is 6.69. The average Bonchev–Trinajstić information content (AvgIpc) is 3.06. The molecule has 2 unspecified atom stereocenters. The fourth-order valence-electron chi connectivity index (χ4n) is 2.66. The number of benzene rings is 1. The second-order valence-electron chi connectivity index (χ2n) is 5.97. The summed E-state index contributed by atoms with van der Waals surface area (Å²) in [4.78, 5) is 19.5. The van der Waals surface area contributed by atoms with E-state index < -0.39 is 6.43 Å². The van der Waals surface area contributed by atoms with Crippen molar-refractivity contribution in [3.63, 3.8) is 0 Å². The Hall–Kier alpha value is -1.36. The van der Waals surface area contributed by atoms with Crippen LogP contribution in [0, 0.1) is 0 Å². The number of aldehydes is 1. The molecule has 3 rings (SSSR count). The van der Waals surface area contributed by atoms with Crippen LogP contribution in [-0.4, -0.2) is 39.8 Å². The van der Waals surface area contributed by atoms with Crippen LogP contribution in [0.15, 0.2) is 24.3 Å². The first kappa shape index (κ1) is 22.3. The first-order valence-electron chi connectivity index (χ1n) is 8.06. The number of rotatable bonds is 7. The molecular formula is C17H16ClF2IN5OPS. The Morgan fingerprint density at radius 1 is 1.38 bits per heavy atom. The minimum atomic E-state index is -2.74. The Morgan fingerprint density at radius 3 is 2.69 bits per heavy atom. The van der Waals surface area contributed by atoms with Gasteiger partial charge in [-0.25, -0.2) is 18.7 Å². The Morgan fingerprint density at radius 2 is 2.10 bits per heavy atom. The molecule has 0 aliphatic rings. The first-order valence-corrected chi connectivity index (χ1v) is 14.3. The second-order valence-corrected chi connectivity index (χ2v) is 10.2. The lowest BCUT2D eigenvalue weighted by Gasteiger charge is -2.24. The van der Waals surface area contributed by atoms with Gasteiger partial charge in [0.05, 0.1) is 23.4 Å². The van der Waals surface area contributed by atoms with Crippen molar-refractivity contribution in [3.8, 4) is 0 Å². The molecule has 0 bridgehead atoms. The van der Waals surface area contributed by atoms with Gasteiger partial charge in [-0.05, 0) is 46.5 Å². The van der Waals surface area contributed by atoms with Crippen molar-refractivity contribution >= 4 is 91.1 Å². The average molecular weight is 570 g/mol. The van der Waals surface area contributed by atoms with Gasteiger partial charge < -0.3 is 9.62 Å². The molecule has 0 aliphatic carbocycles. The highest BCUT2D eigenvalue weighted by Gasteiger charge is 2.22. The molecule has 2 heterocycles. The Labute approximate surface area is 188 Å². The van der Waals surface area contributed by atoms with Crippen molar-refractivity contribution in [2.45, 2.75) is 6.43 Å². The van der Waals surface area contributed by atoms with Crippen LogP contribution in [-0.2, 0) is 0 Å². The summed E-state index contributed by atoms with van der Waals surface area (Å²) >= 11 is 8.16. The number of carbonyl (C=O) groups excluding carboxylic acids is 1. The van der Waals surface area contributed by atoms with E-state index in [1.165, 1.54) is 4.34 Å². The molecule has 154 valence electrons. The molecule has 0 saturated carbocycles. The number of carbonyl (C=O) groups is 1. The molecule has 2 aromatic heterocycles. The van der Waals surface area contributed by atoms with Gasteiger partial charge in [-0.1, -0.05) is 17.5 Å². The lowest BCUT2D eigenvalue weighted by Crippen LogP contribution is -2.11. The maximum absolute atomic E-state index is 13.4. The highest BCUT2D eigenvalue weighted by molar-refractivity contribution is 14.2. The summed E-state index contributed by atoms with van der Waals surface area (Å²) in [6.45, 7) is 0. The number of pyridine rings is 1. The van der Waals surface area contributed by atoms with Gasteiger partial charge in [0.2, 0.25) is 0 Å². The van der Waals surface area contributed by atoms with E-state index >= 15 is 0 Å². The number of imidazole rings is 1. The van der Waals surface area contributed by atoms with Crippen molar-refractivity contribution < 1.29 is 13.6 Å². The van der Waals surface area contributed by atoms with Crippen LogP contribution in [0.3, 0.4) is 0 Å². The van der Waals surface area contributed by atoms with Crippen LogP contribution in [0.2, 0.25) is 5.15 Å². The van der Waals surface area contributed by atoms with E-state index in [4.69, 9.17) is 11.6 Å². The number of hydrogen-bond donors (Lipinski definition) is 1. The third kappa shape index (κ3) is 4.55. The predicted molar refractivity (Wildman–Crippen MR) is 129 cm³/mol. The fourth-order valence-corrected chi connectivity index (χ4v) is 5.23. The molecule has 0 radical (unpaired) electrons. The predicted octanol–water partition coefficient (Wildman–Crippen LogP) is 6.05. The number of anilines is 3. The molecule has 0 fully saturated rings. The molecular weight excluding hydrogens is 554 g/mol. The van der Waals surface area contributed by atoms with Crippen LogP contribution in [0.1, 0.15) is 22.6 Å². The molecule has 0 saturated heterocycles. The third-order valence-electron chi connectivity index (χ3n) is 4.12. The van der Waals surface area contributed by atoms with Gasteiger partial charge in [0.15, 0.2) is 11.5 Å². The van der Waals surface area contributed by atoms with Crippen LogP contribution < -0.4 is 9.62 Å². The highest BCUT2D eigenvalue weighted by atomic mass is 127. The van der Waals surface area contributed by atoms with Crippen molar-refractivity contribution in [1.29, 1.82) is 0 Å². The van der Waals surface area contributed by atoms with Gasteiger partial charge in [-0.3, -0.25) is 9.13 Å². The highest BCUT2D eigenvalue weighted by Crippen LogP contribution is 2.40. The summed E-state index contributed by atoms with van der Waals surface area (Å²) in [5, 5.41) is 3.38. The third-order valence-corrected chi connectivity index (χ3v) is 7.51. The maximum atomic E-state index is 13.4. The molecule has 6 nitrogen and oxygen atoms in total. The maximum Gasteiger partial charge on any atom is 0.295 e. The summed E-state index contributed by atoms with van der Waals surface area (Å²) in [5.41, 5.74) is 2.94. The number of halogens is 4. The van der Waals surface area contributed by atoms with Gasteiger partial charge in [-0.15, -0.1) is 10.7 Å². The first-order chi connectivity index (χ1) is 13.8. The van der Waals surface area contributed by atoms with Crippen LogP contribution >= 0.6 is 50.7 Å². The van der Waals surface area contributed by atoms with E-state index in [-0.39, 0.29) is 33.7 Å². The number of nitrogens with zero attached hydrogens (tertiary/aromatic N) is 4. The molecule has 1 aromatic carbocycles. The van der Waals surface area contributed by atoms with Crippen molar-refractivity contribution in [2.75, 3.05) is 22.9 Å². The number of hydrogen-bond acceptors (Lipinski definition) is 5. The summed E-state index contributed by atoms with van der Waals surface area (Å²) in [5.74, 6) is 3.68. The molecule has 0 amide bonds. The smallest absolute Gasteiger partial charge is 0.295 e. The zero-order chi connectivity index (χ0) is 21.3. The molecule has 1 N–H and O–H groups in total. The van der Waals surface area contributed by atoms with Gasteiger partial charge >= 0.3 is 0 Å². The Kier molecular flexibility index (Phi) is 7.08. The zero-order valence-corrected chi connectivity index (χ0v) is 20.0. The number of nitrogens with one attached hydrogen (secondary N) is 1. The number of alkyl halides is 2. The van der Waals surface area contributed by atoms with Gasteiger partial charge in [-0.2, -0.15) is 0 Å². The lowest BCUT2D eigenvalue weighted by molar-refractivity contribution is 0.112. The van der Waals surface area contributed by atoms with Gasteiger partial charge in [0.1, 0.15) is 17.0 Å². The molecule has 2 atom stereocenters. The summed E-state index contributed by atoms with van der Waals surface area (Å²) in [6.07, 6.45) is -0.0437. The molecule has 0 spiro atoms. The molecule has 0 aliphatic heterocycles. The SMILES string of the molecule is C=S(C)N(C)c1cc(C=O)ccc1Nc1cc(Cl)nc2c1nc(C(F)F)n2PI. The van der Waals surface area contributed by atoms with Gasteiger partial charge in [0.25, 0.3) is 6.43 Å². The van der Waals surface area contributed by atoms with Crippen LogP contribution in [0.25, 0.3) is 11.2 Å². The van der Waals surface area contributed by atoms with Crippen LogP contribution in [0.4, 0.5) is 25.8 Å². The molecule has 12 heteroatoms. The van der Waals surface area contributed by atoms with Crippen molar-refractivity contribution in [1.82, 2.24) is 14.3 Å². The summed E-state index contributed by atoms with van der Waals surface area (Å²) < 4.78 is 30.2. The minimum absolute atomic E-state index is 0.0100. The largest absolute Gasteiger partial charge is 0.352 e. The van der Waals surface area contributed by atoms with Crippen molar-refractivity contribution in [2.24, 2.45) is 0 Å². The van der Waals surface area contributed by atoms with E-state index in [1.54, 1.807) is 24.3 Å². The van der Waals surface area contributed by atoms with E-state index in [0.717, 1.165) is 12.0 Å². The summed E-state index contributed by atoms with van der Waals surface area (Å²) in [7, 11) is 1.50. The zero-order valence-electron chi connectivity index (χ0n) is 15.3. The Bertz CT molecular complexity index is 1110. The number of aromatic nitrogens is 3. The van der Waals surface area contributed by atoms with E-state index in [0.29, 0.717) is 22.5 Å². The number of fused-ring (bicyclic) bond motifs is 1. The van der Waals surface area contributed by atoms with Gasteiger partial charge in [0, 0.05) is 18.7 Å². The molecule has 29 heavy (non-hydrogen) atoms. The van der Waals surface area contributed by atoms with Crippen LogP contribution in [0.5, 0.6) is 0 Å².